The summed E-state index contributed by atoms with van der Waals surface area (Å²) in [7, 11) is 0. The molecule has 1 fully saturated rings. The summed E-state index contributed by atoms with van der Waals surface area (Å²) >= 11 is 1.62. The first kappa shape index (κ1) is 14.7. The monoisotopic (exact) mass is 307 g/mol. The summed E-state index contributed by atoms with van der Waals surface area (Å²) in [5.74, 6) is 1.29. The van der Waals surface area contributed by atoms with Gasteiger partial charge in [-0.1, -0.05) is 24.4 Å². The van der Waals surface area contributed by atoms with Crippen molar-refractivity contribution in [2.45, 2.75) is 44.7 Å². The lowest BCUT2D eigenvalue weighted by Gasteiger charge is -2.32. The smallest absolute Gasteiger partial charge is 0.258 e. The molecule has 1 aliphatic carbocycles. The highest BCUT2D eigenvalue weighted by Gasteiger charge is 2.22. The molecular formula is C15H21N3O2S. The van der Waals surface area contributed by atoms with Gasteiger partial charge in [0.1, 0.15) is 0 Å². The fraction of sp³-hybridized carbons (Fsp3) is 0.600. The van der Waals surface area contributed by atoms with Gasteiger partial charge in [0.25, 0.3) is 5.89 Å². The number of nitrogens with zero attached hydrogens (tertiary/aromatic N) is 3. The topological polar surface area (TPSA) is 62.4 Å². The molecule has 0 bridgehead atoms. The summed E-state index contributed by atoms with van der Waals surface area (Å²) in [6.45, 7) is 1.50. The van der Waals surface area contributed by atoms with Crippen molar-refractivity contribution < 1.29 is 9.63 Å². The zero-order chi connectivity index (χ0) is 14.5. The number of hydrogen-bond acceptors (Lipinski definition) is 6. The van der Waals surface area contributed by atoms with Crippen LogP contribution in [-0.4, -0.2) is 39.3 Å². The van der Waals surface area contributed by atoms with Gasteiger partial charge in [-0.2, -0.15) is 16.3 Å². The average molecular weight is 307 g/mol. The third-order valence-corrected chi connectivity index (χ3v) is 4.74. The second-order valence-corrected chi connectivity index (χ2v) is 6.29. The Morgan fingerprint density at radius 3 is 2.90 bits per heavy atom. The minimum atomic E-state index is 0.172. The second kappa shape index (κ2) is 7.15. The number of rotatable bonds is 6. The minimum absolute atomic E-state index is 0.172. The standard InChI is InChI=1S/C15H21N3O2S/c19-8-7-18(13-4-2-1-3-5-13)10-14-16-15(20-17-14)12-6-9-21-11-12/h6,9,11,13,19H,1-5,7-8,10H2. The fourth-order valence-corrected chi connectivity index (χ4v) is 3.60. The van der Waals surface area contributed by atoms with E-state index in [0.29, 0.717) is 30.8 Å². The van der Waals surface area contributed by atoms with Gasteiger partial charge < -0.3 is 9.63 Å². The molecule has 0 spiro atoms. The van der Waals surface area contributed by atoms with E-state index in [2.05, 4.69) is 15.0 Å². The molecule has 21 heavy (non-hydrogen) atoms. The third-order valence-electron chi connectivity index (χ3n) is 4.06. The fourth-order valence-electron chi connectivity index (χ4n) is 2.97. The highest BCUT2D eigenvalue weighted by Crippen LogP contribution is 2.24. The molecule has 0 radical (unpaired) electrons. The SMILES string of the molecule is OCCN(Cc1noc(-c2ccsc2)n1)C1CCCCC1. The van der Waals surface area contributed by atoms with E-state index in [1.807, 2.05) is 16.8 Å². The van der Waals surface area contributed by atoms with Crippen molar-refractivity contribution in [3.05, 3.63) is 22.7 Å². The first-order valence-corrected chi connectivity index (χ1v) is 8.51. The molecule has 1 N–H and O–H groups in total. The maximum Gasteiger partial charge on any atom is 0.258 e. The number of aromatic nitrogens is 2. The summed E-state index contributed by atoms with van der Waals surface area (Å²) in [5, 5.41) is 17.4. The molecule has 1 aliphatic rings. The minimum Gasteiger partial charge on any atom is -0.395 e. The Morgan fingerprint density at radius 1 is 1.33 bits per heavy atom. The van der Waals surface area contributed by atoms with Crippen LogP contribution >= 0.6 is 11.3 Å². The molecule has 0 unspecified atom stereocenters. The molecule has 0 aliphatic heterocycles. The summed E-state index contributed by atoms with van der Waals surface area (Å²) in [5.41, 5.74) is 0.977. The van der Waals surface area contributed by atoms with E-state index in [9.17, 15) is 5.11 Å². The summed E-state index contributed by atoms with van der Waals surface area (Å²) in [4.78, 5) is 6.77. The van der Waals surface area contributed by atoms with Crippen LogP contribution in [0.15, 0.2) is 21.3 Å². The molecule has 0 saturated heterocycles. The summed E-state index contributed by atoms with van der Waals surface area (Å²) < 4.78 is 5.33. The van der Waals surface area contributed by atoms with E-state index in [1.54, 1.807) is 11.3 Å². The number of thiophene rings is 1. The predicted molar refractivity (Wildman–Crippen MR) is 82.0 cm³/mol. The van der Waals surface area contributed by atoms with E-state index >= 15 is 0 Å². The average Bonchev–Trinajstić information content (AvgIpc) is 3.19. The normalized spacial score (nSPS) is 16.7. The van der Waals surface area contributed by atoms with Gasteiger partial charge >= 0.3 is 0 Å². The number of aliphatic hydroxyl groups excluding tert-OH is 1. The van der Waals surface area contributed by atoms with Gasteiger partial charge in [-0.15, -0.1) is 0 Å². The zero-order valence-corrected chi connectivity index (χ0v) is 12.9. The van der Waals surface area contributed by atoms with Crippen molar-refractivity contribution in [1.29, 1.82) is 0 Å². The molecule has 0 amide bonds. The van der Waals surface area contributed by atoms with Crippen LogP contribution in [0.1, 0.15) is 37.9 Å². The molecule has 0 atom stereocenters. The Hall–Kier alpha value is -1.24. The first-order valence-electron chi connectivity index (χ1n) is 7.57. The van der Waals surface area contributed by atoms with Crippen molar-refractivity contribution in [2.24, 2.45) is 0 Å². The van der Waals surface area contributed by atoms with Crippen LogP contribution in [0.3, 0.4) is 0 Å². The molecule has 3 rings (SSSR count). The molecule has 2 aromatic rings. The Bertz CT molecular complexity index is 535. The van der Waals surface area contributed by atoms with Crippen LogP contribution < -0.4 is 0 Å². The molecule has 1 saturated carbocycles. The lowest BCUT2D eigenvalue weighted by molar-refractivity contribution is 0.113. The van der Waals surface area contributed by atoms with Gasteiger partial charge in [-0.25, -0.2) is 0 Å². The Balaban J connectivity index is 1.67. The number of hydrogen-bond donors (Lipinski definition) is 1. The second-order valence-electron chi connectivity index (χ2n) is 5.51. The lowest BCUT2D eigenvalue weighted by Crippen LogP contribution is -2.38. The first-order chi connectivity index (χ1) is 10.4. The van der Waals surface area contributed by atoms with Gasteiger partial charge in [-0.3, -0.25) is 4.90 Å². The van der Waals surface area contributed by atoms with E-state index in [4.69, 9.17) is 4.52 Å². The van der Waals surface area contributed by atoms with Crippen molar-refractivity contribution in [1.82, 2.24) is 15.0 Å². The van der Waals surface area contributed by atoms with Crippen LogP contribution in [0.25, 0.3) is 11.5 Å². The molecule has 5 nitrogen and oxygen atoms in total. The highest BCUT2D eigenvalue weighted by molar-refractivity contribution is 7.08. The van der Waals surface area contributed by atoms with Gasteiger partial charge in [0, 0.05) is 18.0 Å². The van der Waals surface area contributed by atoms with Gasteiger partial charge in [0.15, 0.2) is 5.82 Å². The summed E-state index contributed by atoms with van der Waals surface area (Å²) in [6, 6.07) is 2.52. The van der Waals surface area contributed by atoms with Crippen molar-refractivity contribution in [3.8, 4) is 11.5 Å². The molecule has 2 heterocycles. The van der Waals surface area contributed by atoms with Crippen molar-refractivity contribution in [3.63, 3.8) is 0 Å². The Kier molecular flexibility index (Phi) is 5.00. The third kappa shape index (κ3) is 3.70. The molecule has 2 aromatic heterocycles. The van der Waals surface area contributed by atoms with Gasteiger partial charge in [0.05, 0.1) is 18.7 Å². The van der Waals surface area contributed by atoms with Crippen LogP contribution in [0.4, 0.5) is 0 Å². The van der Waals surface area contributed by atoms with Gasteiger partial charge in [-0.05, 0) is 24.3 Å². The van der Waals surface area contributed by atoms with Crippen LogP contribution in [-0.2, 0) is 6.54 Å². The van der Waals surface area contributed by atoms with E-state index in [1.165, 1.54) is 32.1 Å². The van der Waals surface area contributed by atoms with Crippen LogP contribution in [0, 0.1) is 0 Å². The van der Waals surface area contributed by atoms with Crippen molar-refractivity contribution >= 4 is 11.3 Å². The molecule has 0 aromatic carbocycles. The maximum absolute atomic E-state index is 9.30. The van der Waals surface area contributed by atoms with E-state index in [-0.39, 0.29) is 6.61 Å². The van der Waals surface area contributed by atoms with E-state index < -0.39 is 0 Å². The lowest BCUT2D eigenvalue weighted by atomic mass is 9.94. The molecular weight excluding hydrogens is 286 g/mol. The maximum atomic E-state index is 9.30. The summed E-state index contributed by atoms with van der Waals surface area (Å²) in [6.07, 6.45) is 6.29. The Labute approximate surface area is 128 Å². The Morgan fingerprint density at radius 2 is 2.19 bits per heavy atom. The molecule has 6 heteroatoms. The quantitative estimate of drug-likeness (QED) is 0.889. The van der Waals surface area contributed by atoms with Crippen LogP contribution in [0.2, 0.25) is 0 Å². The van der Waals surface area contributed by atoms with Crippen LogP contribution in [0.5, 0.6) is 0 Å². The highest BCUT2D eigenvalue weighted by atomic mass is 32.1. The van der Waals surface area contributed by atoms with Gasteiger partial charge in [0.2, 0.25) is 0 Å². The predicted octanol–water partition coefficient (Wildman–Crippen LogP) is 2.93. The zero-order valence-electron chi connectivity index (χ0n) is 12.1. The van der Waals surface area contributed by atoms with Crippen molar-refractivity contribution in [2.75, 3.05) is 13.2 Å². The molecule has 114 valence electrons. The number of aliphatic hydroxyl groups is 1. The van der Waals surface area contributed by atoms with E-state index in [0.717, 1.165) is 5.56 Å². The largest absolute Gasteiger partial charge is 0.395 e.